The number of pyridine rings is 1. The Balaban J connectivity index is 1.50. The maximum Gasteiger partial charge on any atom is 0.278 e. The Labute approximate surface area is 209 Å². The average molecular weight is 508 g/mol. The molecule has 0 saturated carbocycles. The van der Waals surface area contributed by atoms with Crippen LogP contribution < -0.4 is 10.4 Å². The van der Waals surface area contributed by atoms with E-state index in [1.54, 1.807) is 22.7 Å². The fourth-order valence-corrected chi connectivity index (χ4v) is 6.74. The number of morpholine rings is 1. The molecule has 1 amide bonds. The van der Waals surface area contributed by atoms with Gasteiger partial charge in [0.2, 0.25) is 5.43 Å². The predicted octanol–water partition coefficient (Wildman–Crippen LogP) is 2.61. The zero-order valence-corrected chi connectivity index (χ0v) is 19.9. The SMILES string of the molecule is O=C1c2c(O)c(=O)ccn2N([C@@H]2c3ccccc3SCc3cccc(F)c32)[C@@H]2COC3(COC3)CN12. The van der Waals surface area contributed by atoms with Crippen molar-refractivity contribution in [1.29, 1.82) is 0 Å². The lowest BCUT2D eigenvalue weighted by atomic mass is 9.92. The zero-order chi connectivity index (χ0) is 24.6. The number of ether oxygens (including phenoxy) is 2. The molecule has 36 heavy (non-hydrogen) atoms. The summed E-state index contributed by atoms with van der Waals surface area (Å²) in [6.45, 7) is 1.12. The molecule has 4 aliphatic rings. The molecule has 0 radical (unpaired) electrons. The molecule has 0 aliphatic carbocycles. The first kappa shape index (κ1) is 21.9. The molecule has 3 aromatic rings. The molecule has 2 saturated heterocycles. The van der Waals surface area contributed by atoms with Crippen LogP contribution >= 0.6 is 11.8 Å². The van der Waals surface area contributed by atoms with E-state index in [0.717, 1.165) is 16.0 Å². The summed E-state index contributed by atoms with van der Waals surface area (Å²) in [7, 11) is 0. The summed E-state index contributed by atoms with van der Waals surface area (Å²) in [4.78, 5) is 28.8. The zero-order valence-electron chi connectivity index (χ0n) is 19.1. The van der Waals surface area contributed by atoms with Crippen LogP contribution in [0.15, 0.2) is 64.4 Å². The molecular weight excluding hydrogens is 485 g/mol. The highest BCUT2D eigenvalue weighted by molar-refractivity contribution is 7.98. The molecule has 10 heteroatoms. The van der Waals surface area contributed by atoms with Crippen molar-refractivity contribution in [2.24, 2.45) is 0 Å². The average Bonchev–Trinajstić information content (AvgIpc) is 3.03. The second-order valence-electron chi connectivity index (χ2n) is 9.54. The monoisotopic (exact) mass is 507 g/mol. The molecule has 1 aromatic heterocycles. The smallest absolute Gasteiger partial charge is 0.278 e. The van der Waals surface area contributed by atoms with Crippen LogP contribution in [0.5, 0.6) is 5.75 Å². The lowest BCUT2D eigenvalue weighted by Gasteiger charge is -2.57. The highest BCUT2D eigenvalue weighted by Crippen LogP contribution is 2.46. The first-order valence-corrected chi connectivity index (χ1v) is 12.7. The van der Waals surface area contributed by atoms with Gasteiger partial charge in [-0.15, -0.1) is 11.8 Å². The number of carbonyl (C=O) groups is 1. The number of nitrogens with zero attached hydrogens (tertiary/aromatic N) is 3. The van der Waals surface area contributed by atoms with E-state index in [9.17, 15) is 14.7 Å². The highest BCUT2D eigenvalue weighted by Gasteiger charge is 2.54. The van der Waals surface area contributed by atoms with Gasteiger partial charge in [0.1, 0.15) is 23.6 Å². The van der Waals surface area contributed by atoms with Gasteiger partial charge in [0.15, 0.2) is 11.4 Å². The van der Waals surface area contributed by atoms with Crippen LogP contribution in [-0.4, -0.2) is 58.7 Å². The number of aromatic nitrogens is 1. The minimum atomic E-state index is -0.649. The third-order valence-electron chi connectivity index (χ3n) is 7.44. The van der Waals surface area contributed by atoms with Gasteiger partial charge < -0.3 is 19.5 Å². The van der Waals surface area contributed by atoms with Crippen LogP contribution in [-0.2, 0) is 15.2 Å². The number of halogens is 1. The number of benzene rings is 2. The molecule has 2 fully saturated rings. The minimum absolute atomic E-state index is 0.136. The molecule has 1 spiro atoms. The van der Waals surface area contributed by atoms with Gasteiger partial charge in [-0.3, -0.25) is 19.3 Å². The lowest BCUT2D eigenvalue weighted by Crippen LogP contribution is -2.73. The number of thioether (sulfide) groups is 1. The number of carbonyl (C=O) groups excluding carboxylic acids is 1. The van der Waals surface area contributed by atoms with Crippen molar-refractivity contribution < 1.29 is 23.8 Å². The van der Waals surface area contributed by atoms with Crippen LogP contribution in [0.3, 0.4) is 0 Å². The Hall–Kier alpha value is -3.34. The molecular formula is C26H22FN3O5S. The van der Waals surface area contributed by atoms with E-state index >= 15 is 4.39 Å². The van der Waals surface area contributed by atoms with Gasteiger partial charge in [-0.2, -0.15) is 0 Å². The summed E-state index contributed by atoms with van der Waals surface area (Å²) < 4.78 is 28.8. The first-order valence-electron chi connectivity index (χ1n) is 11.7. The summed E-state index contributed by atoms with van der Waals surface area (Å²) in [5.41, 5.74) is 0.815. The summed E-state index contributed by atoms with van der Waals surface area (Å²) >= 11 is 1.63. The van der Waals surface area contributed by atoms with Crippen molar-refractivity contribution in [2.45, 2.75) is 28.5 Å². The summed E-state index contributed by atoms with van der Waals surface area (Å²) in [5.74, 6) is -0.862. The number of hydrogen-bond donors (Lipinski definition) is 1. The largest absolute Gasteiger partial charge is 0.502 e. The molecule has 4 aliphatic heterocycles. The van der Waals surface area contributed by atoms with Crippen molar-refractivity contribution in [3.8, 4) is 5.75 Å². The second kappa shape index (κ2) is 7.83. The van der Waals surface area contributed by atoms with Gasteiger partial charge in [0, 0.05) is 28.5 Å². The van der Waals surface area contributed by atoms with E-state index in [1.165, 1.54) is 23.0 Å². The maximum absolute atomic E-state index is 15.7. The van der Waals surface area contributed by atoms with E-state index in [-0.39, 0.29) is 24.7 Å². The number of amides is 1. The highest BCUT2D eigenvalue weighted by atomic mass is 32.2. The van der Waals surface area contributed by atoms with E-state index in [0.29, 0.717) is 24.5 Å². The normalized spacial score (nSPS) is 23.8. The molecule has 5 heterocycles. The fourth-order valence-electron chi connectivity index (χ4n) is 5.66. The first-order chi connectivity index (χ1) is 17.5. The second-order valence-corrected chi connectivity index (χ2v) is 10.6. The van der Waals surface area contributed by atoms with Crippen LogP contribution in [0.4, 0.5) is 4.39 Å². The van der Waals surface area contributed by atoms with Crippen molar-refractivity contribution in [2.75, 3.05) is 31.4 Å². The minimum Gasteiger partial charge on any atom is -0.502 e. The Bertz CT molecular complexity index is 1470. The van der Waals surface area contributed by atoms with Crippen LogP contribution in [0, 0.1) is 5.82 Å². The van der Waals surface area contributed by atoms with Gasteiger partial charge >= 0.3 is 0 Å². The third kappa shape index (κ3) is 3.01. The van der Waals surface area contributed by atoms with Crippen LogP contribution in [0.25, 0.3) is 0 Å². The Morgan fingerprint density at radius 3 is 2.72 bits per heavy atom. The standard InChI is InChI=1S/C26H22FN3O5S/c27-17-6-3-4-15-11-36-19-7-2-1-5-16(19)22(21(15)17)30-20-10-35-26(13-34-14-26)12-28(20)25(33)23-24(32)18(31)8-9-29(23)30/h1-9,20,22,32H,10-14H2/t20-,22-/m1/s1. The predicted molar refractivity (Wildman–Crippen MR) is 129 cm³/mol. The van der Waals surface area contributed by atoms with E-state index in [2.05, 4.69) is 0 Å². The number of fused-ring (bicyclic) bond motifs is 4. The van der Waals surface area contributed by atoms with Crippen molar-refractivity contribution in [3.63, 3.8) is 0 Å². The summed E-state index contributed by atoms with van der Waals surface area (Å²) in [6, 6.07) is 13.5. The molecule has 0 unspecified atom stereocenters. The molecule has 1 N–H and O–H groups in total. The van der Waals surface area contributed by atoms with Crippen LogP contribution in [0.1, 0.15) is 33.2 Å². The fraction of sp³-hybridized carbons (Fsp3) is 0.308. The van der Waals surface area contributed by atoms with Crippen LogP contribution in [0.2, 0.25) is 0 Å². The van der Waals surface area contributed by atoms with Crippen molar-refractivity contribution in [3.05, 3.63) is 93.2 Å². The molecule has 184 valence electrons. The van der Waals surface area contributed by atoms with Gasteiger partial charge in [-0.05, 0) is 23.3 Å². The van der Waals surface area contributed by atoms with Gasteiger partial charge in [-0.1, -0.05) is 30.3 Å². The quantitative estimate of drug-likeness (QED) is 0.542. The summed E-state index contributed by atoms with van der Waals surface area (Å²) in [6.07, 6.45) is 0.872. The molecule has 8 nitrogen and oxygen atoms in total. The Kier molecular flexibility index (Phi) is 4.76. The lowest BCUT2D eigenvalue weighted by molar-refractivity contribution is -0.245. The molecule has 2 aromatic carbocycles. The number of rotatable bonds is 1. The van der Waals surface area contributed by atoms with Crippen molar-refractivity contribution in [1.82, 2.24) is 9.58 Å². The van der Waals surface area contributed by atoms with Gasteiger partial charge in [0.05, 0.1) is 26.4 Å². The maximum atomic E-state index is 15.7. The Morgan fingerprint density at radius 1 is 1.08 bits per heavy atom. The van der Waals surface area contributed by atoms with E-state index in [4.69, 9.17) is 9.47 Å². The third-order valence-corrected chi connectivity index (χ3v) is 8.57. The number of aromatic hydroxyl groups is 1. The molecule has 7 rings (SSSR count). The van der Waals surface area contributed by atoms with Gasteiger partial charge in [0.25, 0.3) is 5.91 Å². The van der Waals surface area contributed by atoms with Crippen molar-refractivity contribution >= 4 is 17.7 Å². The van der Waals surface area contributed by atoms with E-state index in [1.807, 2.05) is 35.3 Å². The topological polar surface area (TPSA) is 84.2 Å². The number of hydrogen-bond acceptors (Lipinski definition) is 7. The van der Waals surface area contributed by atoms with E-state index < -0.39 is 34.9 Å². The molecule has 0 bridgehead atoms. The molecule has 2 atom stereocenters. The summed E-state index contributed by atoms with van der Waals surface area (Å²) in [5, 5.41) is 12.7. The van der Waals surface area contributed by atoms with Gasteiger partial charge in [-0.25, -0.2) is 4.39 Å². The Morgan fingerprint density at radius 2 is 1.92 bits per heavy atom.